The van der Waals surface area contributed by atoms with Gasteiger partial charge in [0.1, 0.15) is 0 Å². The molecule has 0 aliphatic heterocycles. The standard InChI is InChI=1S/C11H14O2S/c1-8(2)7-14-10-5-3-9(4-6-10)11(12)13/h3-6,8H,7H2,1-2H3,(H,12,13). The van der Waals surface area contributed by atoms with Gasteiger partial charge in [-0.25, -0.2) is 4.79 Å². The molecule has 0 fully saturated rings. The van der Waals surface area contributed by atoms with Gasteiger partial charge in [-0.15, -0.1) is 11.8 Å². The van der Waals surface area contributed by atoms with Crippen molar-refractivity contribution in [2.24, 2.45) is 5.92 Å². The zero-order valence-corrected chi connectivity index (χ0v) is 9.17. The number of thioether (sulfide) groups is 1. The van der Waals surface area contributed by atoms with Gasteiger partial charge >= 0.3 is 5.97 Å². The lowest BCUT2D eigenvalue weighted by molar-refractivity contribution is 0.0697. The number of carboxylic acids is 1. The molecule has 1 rings (SSSR count). The summed E-state index contributed by atoms with van der Waals surface area (Å²) in [5.74, 6) is 0.844. The molecule has 76 valence electrons. The van der Waals surface area contributed by atoms with Crippen molar-refractivity contribution in [2.45, 2.75) is 18.7 Å². The summed E-state index contributed by atoms with van der Waals surface area (Å²) in [5, 5.41) is 8.69. The van der Waals surface area contributed by atoms with Crippen LogP contribution in [0.3, 0.4) is 0 Å². The predicted octanol–water partition coefficient (Wildman–Crippen LogP) is 3.13. The summed E-state index contributed by atoms with van der Waals surface area (Å²) in [4.78, 5) is 11.7. The van der Waals surface area contributed by atoms with Crippen LogP contribution in [0, 0.1) is 5.92 Å². The lowest BCUT2D eigenvalue weighted by Gasteiger charge is -2.04. The molecule has 0 bridgehead atoms. The van der Waals surface area contributed by atoms with Gasteiger partial charge in [-0.3, -0.25) is 0 Å². The Morgan fingerprint density at radius 2 is 1.93 bits per heavy atom. The fraction of sp³-hybridized carbons (Fsp3) is 0.364. The molecule has 0 atom stereocenters. The maximum atomic E-state index is 10.6. The molecular weight excluding hydrogens is 196 g/mol. The summed E-state index contributed by atoms with van der Waals surface area (Å²) in [5.41, 5.74) is 0.346. The highest BCUT2D eigenvalue weighted by Crippen LogP contribution is 2.20. The zero-order valence-electron chi connectivity index (χ0n) is 8.36. The van der Waals surface area contributed by atoms with Crippen molar-refractivity contribution in [3.63, 3.8) is 0 Å². The number of hydrogen-bond donors (Lipinski definition) is 1. The van der Waals surface area contributed by atoms with Crippen LogP contribution in [0.4, 0.5) is 0 Å². The van der Waals surface area contributed by atoms with Crippen LogP contribution in [0.1, 0.15) is 24.2 Å². The summed E-state index contributed by atoms with van der Waals surface area (Å²) in [6.45, 7) is 4.33. The first-order valence-electron chi connectivity index (χ1n) is 4.55. The summed E-state index contributed by atoms with van der Waals surface area (Å²) in [7, 11) is 0. The Kier molecular flexibility index (Phi) is 4.01. The summed E-state index contributed by atoms with van der Waals surface area (Å²) in [6.07, 6.45) is 0. The lowest BCUT2D eigenvalue weighted by atomic mass is 10.2. The van der Waals surface area contributed by atoms with Crippen molar-refractivity contribution in [1.29, 1.82) is 0 Å². The van der Waals surface area contributed by atoms with Gasteiger partial charge in [0.05, 0.1) is 5.56 Å². The molecule has 0 aliphatic rings. The van der Waals surface area contributed by atoms with E-state index in [1.807, 2.05) is 12.1 Å². The Morgan fingerprint density at radius 3 is 2.36 bits per heavy atom. The Labute approximate surface area is 88.3 Å². The van der Waals surface area contributed by atoms with Gasteiger partial charge < -0.3 is 5.11 Å². The van der Waals surface area contributed by atoms with E-state index in [0.29, 0.717) is 11.5 Å². The van der Waals surface area contributed by atoms with E-state index in [9.17, 15) is 4.79 Å². The maximum absolute atomic E-state index is 10.6. The largest absolute Gasteiger partial charge is 0.478 e. The molecule has 0 saturated carbocycles. The van der Waals surface area contributed by atoms with Crippen molar-refractivity contribution in [3.05, 3.63) is 29.8 Å². The van der Waals surface area contributed by atoms with Crippen LogP contribution in [0.5, 0.6) is 0 Å². The van der Waals surface area contributed by atoms with Gasteiger partial charge in [-0.05, 0) is 30.2 Å². The molecule has 0 radical (unpaired) electrons. The van der Waals surface area contributed by atoms with Crippen molar-refractivity contribution < 1.29 is 9.90 Å². The number of benzene rings is 1. The molecule has 0 saturated heterocycles. The van der Waals surface area contributed by atoms with E-state index in [-0.39, 0.29) is 0 Å². The average Bonchev–Trinajstić information content (AvgIpc) is 2.15. The van der Waals surface area contributed by atoms with E-state index in [0.717, 1.165) is 10.6 Å². The normalized spacial score (nSPS) is 10.5. The quantitative estimate of drug-likeness (QED) is 0.776. The van der Waals surface area contributed by atoms with Crippen LogP contribution in [0.25, 0.3) is 0 Å². The molecule has 0 aliphatic carbocycles. The summed E-state index contributed by atoms with van der Waals surface area (Å²) < 4.78 is 0. The van der Waals surface area contributed by atoms with E-state index in [1.165, 1.54) is 0 Å². The van der Waals surface area contributed by atoms with Crippen molar-refractivity contribution in [1.82, 2.24) is 0 Å². The molecule has 0 aromatic heterocycles. The van der Waals surface area contributed by atoms with E-state index >= 15 is 0 Å². The third kappa shape index (κ3) is 3.42. The van der Waals surface area contributed by atoms with Gasteiger partial charge in [0.25, 0.3) is 0 Å². The van der Waals surface area contributed by atoms with Crippen LogP contribution in [0.2, 0.25) is 0 Å². The lowest BCUT2D eigenvalue weighted by Crippen LogP contribution is -1.95. The highest BCUT2D eigenvalue weighted by atomic mass is 32.2. The number of aromatic carboxylic acids is 1. The number of carboxylic acid groups (broad SMARTS) is 1. The van der Waals surface area contributed by atoms with Crippen molar-refractivity contribution in [3.8, 4) is 0 Å². The fourth-order valence-corrected chi connectivity index (χ4v) is 1.81. The van der Waals surface area contributed by atoms with Crippen molar-refractivity contribution >= 4 is 17.7 Å². The van der Waals surface area contributed by atoms with Gasteiger partial charge in [0.2, 0.25) is 0 Å². The minimum absolute atomic E-state index is 0.346. The monoisotopic (exact) mass is 210 g/mol. The first-order chi connectivity index (χ1) is 6.59. The molecule has 0 amide bonds. The SMILES string of the molecule is CC(C)CSc1ccc(C(=O)O)cc1. The fourth-order valence-electron chi connectivity index (χ4n) is 0.957. The topological polar surface area (TPSA) is 37.3 Å². The molecule has 2 nitrogen and oxygen atoms in total. The first kappa shape index (κ1) is 11.1. The van der Waals surface area contributed by atoms with E-state index in [1.54, 1.807) is 23.9 Å². The van der Waals surface area contributed by atoms with Gasteiger partial charge in [-0.2, -0.15) is 0 Å². The molecule has 3 heteroatoms. The second-order valence-corrected chi connectivity index (χ2v) is 4.63. The van der Waals surface area contributed by atoms with Gasteiger partial charge in [-0.1, -0.05) is 13.8 Å². The average molecular weight is 210 g/mol. The maximum Gasteiger partial charge on any atom is 0.335 e. The van der Waals surface area contributed by atoms with Crippen LogP contribution in [-0.2, 0) is 0 Å². The Bertz CT molecular complexity index is 304. The number of carbonyl (C=O) groups is 1. The Morgan fingerprint density at radius 1 is 1.36 bits per heavy atom. The Hall–Kier alpha value is -0.960. The third-order valence-electron chi connectivity index (χ3n) is 1.68. The summed E-state index contributed by atoms with van der Waals surface area (Å²) in [6, 6.07) is 7.00. The van der Waals surface area contributed by atoms with Crippen LogP contribution in [-0.4, -0.2) is 16.8 Å². The second-order valence-electron chi connectivity index (χ2n) is 3.53. The van der Waals surface area contributed by atoms with Crippen LogP contribution in [0.15, 0.2) is 29.2 Å². The molecule has 1 aromatic rings. The number of rotatable bonds is 4. The van der Waals surface area contributed by atoms with Crippen LogP contribution < -0.4 is 0 Å². The number of hydrogen-bond acceptors (Lipinski definition) is 2. The molecule has 14 heavy (non-hydrogen) atoms. The van der Waals surface area contributed by atoms with E-state index in [4.69, 9.17) is 5.11 Å². The molecular formula is C11H14O2S. The van der Waals surface area contributed by atoms with Gasteiger partial charge in [0.15, 0.2) is 0 Å². The van der Waals surface area contributed by atoms with E-state index in [2.05, 4.69) is 13.8 Å². The summed E-state index contributed by atoms with van der Waals surface area (Å²) >= 11 is 1.76. The first-order valence-corrected chi connectivity index (χ1v) is 5.54. The molecule has 0 spiro atoms. The highest BCUT2D eigenvalue weighted by Gasteiger charge is 2.02. The third-order valence-corrected chi connectivity index (χ3v) is 3.12. The molecule has 1 aromatic carbocycles. The second kappa shape index (κ2) is 5.05. The van der Waals surface area contributed by atoms with E-state index < -0.39 is 5.97 Å². The predicted molar refractivity (Wildman–Crippen MR) is 59.0 cm³/mol. The van der Waals surface area contributed by atoms with Crippen molar-refractivity contribution in [2.75, 3.05) is 5.75 Å². The molecule has 0 heterocycles. The minimum Gasteiger partial charge on any atom is -0.478 e. The van der Waals surface area contributed by atoms with Gasteiger partial charge in [0, 0.05) is 10.6 Å². The highest BCUT2D eigenvalue weighted by molar-refractivity contribution is 7.99. The van der Waals surface area contributed by atoms with Crippen LogP contribution >= 0.6 is 11.8 Å². The Balaban J connectivity index is 2.60. The smallest absolute Gasteiger partial charge is 0.335 e. The minimum atomic E-state index is -0.870. The zero-order chi connectivity index (χ0) is 10.6. The molecule has 1 N–H and O–H groups in total. The molecule has 0 unspecified atom stereocenters.